The van der Waals surface area contributed by atoms with Crippen molar-refractivity contribution in [1.29, 1.82) is 0 Å². The van der Waals surface area contributed by atoms with E-state index in [2.05, 4.69) is 46.3 Å². The summed E-state index contributed by atoms with van der Waals surface area (Å²) in [7, 11) is 0. The van der Waals surface area contributed by atoms with Crippen LogP contribution in [0.4, 0.5) is 5.69 Å². The molecule has 0 amide bonds. The van der Waals surface area contributed by atoms with Gasteiger partial charge in [-0.1, -0.05) is 29.8 Å². The summed E-state index contributed by atoms with van der Waals surface area (Å²) < 4.78 is 7.15. The number of hydrogen-bond acceptors (Lipinski definition) is 4. The van der Waals surface area contributed by atoms with E-state index in [4.69, 9.17) is 16.3 Å². The molecule has 0 aliphatic carbocycles. The van der Waals surface area contributed by atoms with E-state index in [0.717, 1.165) is 49.7 Å². The fourth-order valence-electron chi connectivity index (χ4n) is 4.16. The Morgan fingerprint density at radius 2 is 1.74 bits per heavy atom. The lowest BCUT2D eigenvalue weighted by atomic mass is 10.1. The Morgan fingerprint density at radius 3 is 2.45 bits per heavy atom. The van der Waals surface area contributed by atoms with E-state index in [1.807, 2.05) is 29.7 Å². The second-order valence-corrected chi connectivity index (χ2v) is 8.10. The van der Waals surface area contributed by atoms with Crippen LogP contribution in [-0.4, -0.2) is 54.8 Å². The van der Waals surface area contributed by atoms with Gasteiger partial charge in [-0.3, -0.25) is 9.69 Å². The normalized spacial score (nSPS) is 14.5. The van der Waals surface area contributed by atoms with Crippen LogP contribution in [-0.2, 0) is 22.5 Å². The van der Waals surface area contributed by atoms with Crippen LogP contribution in [0.25, 0.3) is 10.9 Å². The number of anilines is 1. The molecule has 1 fully saturated rings. The zero-order valence-corrected chi connectivity index (χ0v) is 19.4. The zero-order valence-electron chi connectivity index (χ0n) is 17.8. The number of esters is 1. The molecule has 7 heteroatoms. The van der Waals surface area contributed by atoms with Crippen molar-refractivity contribution in [1.82, 2.24) is 9.47 Å². The predicted molar refractivity (Wildman–Crippen MR) is 130 cm³/mol. The molecule has 2 aromatic carbocycles. The summed E-state index contributed by atoms with van der Waals surface area (Å²) in [6, 6.07) is 16.4. The molecule has 4 rings (SSSR count). The highest BCUT2D eigenvalue weighted by atomic mass is 35.5. The van der Waals surface area contributed by atoms with Gasteiger partial charge in [0.05, 0.1) is 6.61 Å². The molecule has 0 spiro atoms. The van der Waals surface area contributed by atoms with E-state index in [-0.39, 0.29) is 24.9 Å². The number of piperazine rings is 1. The molecule has 5 nitrogen and oxygen atoms in total. The molecular formula is C24H29Cl2N3O2. The molecule has 1 aromatic heterocycles. The number of fused-ring (bicyclic) bond motifs is 1. The molecule has 0 unspecified atom stereocenters. The van der Waals surface area contributed by atoms with E-state index < -0.39 is 0 Å². The SMILES string of the molecule is CCOC(=O)Cn1cc(CCN2CCN(c3ccc(Cl)cc3)CC2)c2ccccc21.Cl. The summed E-state index contributed by atoms with van der Waals surface area (Å²) in [5.74, 6) is -0.192. The van der Waals surface area contributed by atoms with Crippen LogP contribution < -0.4 is 4.90 Å². The molecule has 0 bridgehead atoms. The van der Waals surface area contributed by atoms with Crippen molar-refractivity contribution in [3.8, 4) is 0 Å². The summed E-state index contributed by atoms with van der Waals surface area (Å²) in [6.07, 6.45) is 3.09. The molecule has 166 valence electrons. The summed E-state index contributed by atoms with van der Waals surface area (Å²) >= 11 is 6.01. The summed E-state index contributed by atoms with van der Waals surface area (Å²) in [5, 5.41) is 2.00. The number of benzene rings is 2. The minimum atomic E-state index is -0.192. The molecule has 31 heavy (non-hydrogen) atoms. The van der Waals surface area contributed by atoms with Gasteiger partial charge in [-0.2, -0.15) is 0 Å². The number of hydrogen-bond donors (Lipinski definition) is 0. The topological polar surface area (TPSA) is 37.7 Å². The Kier molecular flexibility index (Phi) is 8.24. The smallest absolute Gasteiger partial charge is 0.325 e. The maximum atomic E-state index is 12.0. The lowest BCUT2D eigenvalue weighted by molar-refractivity contribution is -0.143. The van der Waals surface area contributed by atoms with Crippen LogP contribution in [0.3, 0.4) is 0 Å². The Morgan fingerprint density at radius 1 is 1.03 bits per heavy atom. The van der Waals surface area contributed by atoms with Crippen LogP contribution in [0.5, 0.6) is 0 Å². The van der Waals surface area contributed by atoms with Crippen LogP contribution in [0.15, 0.2) is 54.7 Å². The third-order valence-corrected chi connectivity index (χ3v) is 5.99. The van der Waals surface area contributed by atoms with E-state index >= 15 is 0 Å². The molecule has 1 aliphatic rings. The lowest BCUT2D eigenvalue weighted by Gasteiger charge is -2.36. The minimum Gasteiger partial charge on any atom is -0.465 e. The first kappa shape index (κ1) is 23.5. The molecule has 3 aromatic rings. The first-order valence-corrected chi connectivity index (χ1v) is 11.0. The number of carbonyl (C=O) groups is 1. The first-order chi connectivity index (χ1) is 14.6. The Balaban J connectivity index is 0.00000272. The van der Waals surface area contributed by atoms with Crippen LogP contribution in [0.1, 0.15) is 12.5 Å². The van der Waals surface area contributed by atoms with Gasteiger partial charge in [0, 0.05) is 60.5 Å². The summed E-state index contributed by atoms with van der Waals surface area (Å²) in [4.78, 5) is 16.9. The standard InChI is InChI=1S/C24H28ClN3O2.ClH/c1-2-30-24(29)18-28-17-19(22-5-3-4-6-23(22)28)11-12-26-13-15-27(16-14-26)21-9-7-20(25)8-10-21;/h3-10,17H,2,11-16,18H2,1H3;1H. The third-order valence-electron chi connectivity index (χ3n) is 5.74. The maximum absolute atomic E-state index is 12.0. The second kappa shape index (κ2) is 10.9. The van der Waals surface area contributed by atoms with Crippen molar-refractivity contribution in [3.63, 3.8) is 0 Å². The third kappa shape index (κ3) is 5.73. The zero-order chi connectivity index (χ0) is 20.9. The van der Waals surface area contributed by atoms with Gasteiger partial charge in [-0.05, 0) is 49.2 Å². The van der Waals surface area contributed by atoms with Crippen LogP contribution >= 0.6 is 24.0 Å². The second-order valence-electron chi connectivity index (χ2n) is 7.66. The fourth-order valence-corrected chi connectivity index (χ4v) is 4.28. The van der Waals surface area contributed by atoms with Crippen LogP contribution in [0, 0.1) is 0 Å². The van der Waals surface area contributed by atoms with Gasteiger partial charge in [0.2, 0.25) is 0 Å². The Bertz CT molecular complexity index is 996. The lowest BCUT2D eigenvalue weighted by Crippen LogP contribution is -2.46. The number of rotatable bonds is 7. The van der Waals surface area contributed by atoms with E-state index in [1.165, 1.54) is 16.6 Å². The van der Waals surface area contributed by atoms with E-state index in [0.29, 0.717) is 6.61 Å². The highest BCUT2D eigenvalue weighted by Gasteiger charge is 2.18. The van der Waals surface area contributed by atoms with Crippen molar-refractivity contribution < 1.29 is 9.53 Å². The van der Waals surface area contributed by atoms with Crippen molar-refractivity contribution in [2.24, 2.45) is 0 Å². The van der Waals surface area contributed by atoms with Crippen molar-refractivity contribution >= 4 is 46.6 Å². The Hall–Kier alpha value is -2.21. The summed E-state index contributed by atoms with van der Waals surface area (Å²) in [6.45, 7) is 7.65. The Labute approximate surface area is 194 Å². The summed E-state index contributed by atoms with van der Waals surface area (Å²) in [5.41, 5.74) is 3.62. The average molecular weight is 462 g/mol. The number of aromatic nitrogens is 1. The maximum Gasteiger partial charge on any atom is 0.325 e. The van der Waals surface area contributed by atoms with Crippen molar-refractivity contribution in [2.45, 2.75) is 19.9 Å². The molecule has 0 radical (unpaired) electrons. The fraction of sp³-hybridized carbons (Fsp3) is 0.375. The van der Waals surface area contributed by atoms with Gasteiger partial charge in [0.25, 0.3) is 0 Å². The van der Waals surface area contributed by atoms with Gasteiger partial charge in [-0.15, -0.1) is 12.4 Å². The highest BCUT2D eigenvalue weighted by molar-refractivity contribution is 6.30. The van der Waals surface area contributed by atoms with E-state index in [9.17, 15) is 4.79 Å². The first-order valence-electron chi connectivity index (χ1n) is 10.6. The molecule has 2 heterocycles. The quantitative estimate of drug-likeness (QED) is 0.480. The number of carbonyl (C=O) groups excluding carboxylic acids is 1. The predicted octanol–water partition coefficient (Wildman–Crippen LogP) is 4.64. The van der Waals surface area contributed by atoms with Gasteiger partial charge < -0.3 is 14.2 Å². The minimum absolute atomic E-state index is 0. The largest absolute Gasteiger partial charge is 0.465 e. The molecule has 0 N–H and O–H groups in total. The monoisotopic (exact) mass is 461 g/mol. The van der Waals surface area contributed by atoms with Crippen molar-refractivity contribution in [2.75, 3.05) is 44.2 Å². The van der Waals surface area contributed by atoms with Gasteiger partial charge in [0.15, 0.2) is 0 Å². The molecular weight excluding hydrogens is 433 g/mol. The number of ether oxygens (including phenoxy) is 1. The number of para-hydroxylation sites is 1. The molecule has 1 saturated heterocycles. The van der Waals surface area contributed by atoms with Gasteiger partial charge >= 0.3 is 5.97 Å². The number of halogens is 2. The molecule has 0 saturated carbocycles. The molecule has 1 aliphatic heterocycles. The van der Waals surface area contributed by atoms with E-state index in [1.54, 1.807) is 0 Å². The van der Waals surface area contributed by atoms with Crippen LogP contribution in [0.2, 0.25) is 5.02 Å². The number of nitrogens with zero attached hydrogens (tertiary/aromatic N) is 3. The van der Waals surface area contributed by atoms with Gasteiger partial charge in [-0.25, -0.2) is 0 Å². The highest BCUT2D eigenvalue weighted by Crippen LogP contribution is 2.23. The van der Waals surface area contributed by atoms with Gasteiger partial charge in [0.1, 0.15) is 6.54 Å². The molecule has 0 atom stereocenters. The van der Waals surface area contributed by atoms with Crippen molar-refractivity contribution in [3.05, 3.63) is 65.3 Å². The average Bonchev–Trinajstić information content (AvgIpc) is 3.11.